The van der Waals surface area contributed by atoms with E-state index in [9.17, 15) is 20.1 Å². The average molecular weight is 488 g/mol. The van der Waals surface area contributed by atoms with Crippen LogP contribution in [-0.4, -0.2) is 38.8 Å². The van der Waals surface area contributed by atoms with E-state index >= 15 is 0 Å². The van der Waals surface area contributed by atoms with Gasteiger partial charge in [0.25, 0.3) is 5.91 Å². The van der Waals surface area contributed by atoms with E-state index < -0.39 is 6.10 Å². The Kier molecular flexibility index (Phi) is 8.05. The van der Waals surface area contributed by atoms with Crippen LogP contribution in [0.1, 0.15) is 58.7 Å². The number of amides is 1. The van der Waals surface area contributed by atoms with Crippen LogP contribution in [0.3, 0.4) is 0 Å². The van der Waals surface area contributed by atoms with Gasteiger partial charge >= 0.3 is 0 Å². The Balaban J connectivity index is 1.35. The molecule has 4 aromatic rings. The van der Waals surface area contributed by atoms with Gasteiger partial charge in [-0.1, -0.05) is 42.5 Å². The summed E-state index contributed by atoms with van der Waals surface area (Å²) in [4.78, 5) is 16.0. The largest absolute Gasteiger partial charge is 0.508 e. The molecule has 0 saturated carbocycles. The zero-order valence-electron chi connectivity index (χ0n) is 20.5. The van der Waals surface area contributed by atoms with E-state index in [-0.39, 0.29) is 30.3 Å². The highest BCUT2D eigenvalue weighted by atomic mass is 16.3. The fourth-order valence-electron chi connectivity index (χ4n) is 4.33. The van der Waals surface area contributed by atoms with E-state index in [0.717, 1.165) is 28.5 Å². The zero-order valence-corrected chi connectivity index (χ0v) is 20.5. The molecule has 7 nitrogen and oxygen atoms in total. The molecule has 6 N–H and O–H groups in total. The molecule has 0 radical (unpaired) electrons. The number of phenols is 1. The smallest absolute Gasteiger partial charge is 0.268 e. The van der Waals surface area contributed by atoms with Crippen molar-refractivity contribution in [2.24, 2.45) is 0 Å². The molecule has 0 spiro atoms. The van der Waals surface area contributed by atoms with Crippen molar-refractivity contribution in [2.75, 3.05) is 6.54 Å². The third-order valence-electron chi connectivity index (χ3n) is 6.44. The van der Waals surface area contributed by atoms with Crippen LogP contribution in [0.2, 0.25) is 0 Å². The Bertz CT molecular complexity index is 1320. The van der Waals surface area contributed by atoms with E-state index in [1.165, 1.54) is 6.07 Å². The number of benzene rings is 3. The van der Waals surface area contributed by atoms with Gasteiger partial charge in [0.15, 0.2) is 0 Å². The lowest BCUT2D eigenvalue weighted by Gasteiger charge is -2.18. The number of hydrogen-bond donors (Lipinski definition) is 6. The molecule has 3 aromatic carbocycles. The maximum atomic E-state index is 12.8. The maximum absolute atomic E-state index is 12.8. The van der Waals surface area contributed by atoms with E-state index in [2.05, 4.69) is 21.7 Å². The number of rotatable bonds is 10. The molecule has 1 amide bonds. The van der Waals surface area contributed by atoms with Gasteiger partial charge in [0.05, 0.1) is 18.8 Å². The molecule has 0 saturated heterocycles. The van der Waals surface area contributed by atoms with Crippen LogP contribution >= 0.6 is 0 Å². The van der Waals surface area contributed by atoms with Gasteiger partial charge in [-0.15, -0.1) is 0 Å². The minimum atomic E-state index is -0.759. The quantitative estimate of drug-likeness (QED) is 0.201. The molecule has 0 aliphatic rings. The summed E-state index contributed by atoms with van der Waals surface area (Å²) in [6.45, 7) is 4.07. The first-order chi connectivity index (χ1) is 17.3. The van der Waals surface area contributed by atoms with Crippen molar-refractivity contribution in [2.45, 2.75) is 45.1 Å². The lowest BCUT2D eigenvalue weighted by molar-refractivity contribution is 0.0935. The summed E-state index contributed by atoms with van der Waals surface area (Å²) in [5.41, 5.74) is 4.62. The number of hydrogen-bond acceptors (Lipinski definition) is 5. The number of aliphatic hydroxyl groups excluding tert-OH is 2. The summed E-state index contributed by atoms with van der Waals surface area (Å²) in [5, 5.41) is 36.9. The monoisotopic (exact) mass is 487 g/mol. The van der Waals surface area contributed by atoms with Gasteiger partial charge in [-0.2, -0.15) is 0 Å². The summed E-state index contributed by atoms with van der Waals surface area (Å²) >= 11 is 0. The van der Waals surface area contributed by atoms with Crippen molar-refractivity contribution in [3.8, 4) is 5.75 Å². The highest BCUT2D eigenvalue weighted by Crippen LogP contribution is 2.23. The van der Waals surface area contributed by atoms with E-state index in [0.29, 0.717) is 23.4 Å². The topological polar surface area (TPSA) is 118 Å². The first-order valence-electron chi connectivity index (χ1n) is 12.2. The second-order valence-electron chi connectivity index (χ2n) is 9.29. The minimum absolute atomic E-state index is 0.0151. The molecule has 0 fully saturated rings. The summed E-state index contributed by atoms with van der Waals surface area (Å²) in [5.74, 6) is -0.131. The van der Waals surface area contributed by atoms with Gasteiger partial charge < -0.3 is 30.9 Å². The van der Waals surface area contributed by atoms with Gasteiger partial charge in [0, 0.05) is 29.1 Å². The molecule has 1 heterocycles. The van der Waals surface area contributed by atoms with Gasteiger partial charge in [-0.3, -0.25) is 4.79 Å². The number of aromatic nitrogens is 1. The molecule has 36 heavy (non-hydrogen) atoms. The van der Waals surface area contributed by atoms with Crippen molar-refractivity contribution in [1.82, 2.24) is 15.6 Å². The van der Waals surface area contributed by atoms with E-state index in [1.807, 2.05) is 62.4 Å². The number of nitrogens with one attached hydrogen (secondary N) is 3. The Hall–Kier alpha value is -3.65. The number of fused-ring (bicyclic) bond motifs is 1. The number of H-pyrrole nitrogens is 1. The Morgan fingerprint density at radius 2 is 1.75 bits per heavy atom. The Morgan fingerprint density at radius 1 is 0.972 bits per heavy atom. The molecule has 4 rings (SSSR count). The van der Waals surface area contributed by atoms with Crippen LogP contribution < -0.4 is 10.6 Å². The van der Waals surface area contributed by atoms with Crippen LogP contribution in [0, 0.1) is 0 Å². The summed E-state index contributed by atoms with van der Waals surface area (Å²) < 4.78 is 0. The number of aromatic amines is 1. The number of carbonyl (C=O) groups excluding carboxylic acids is 1. The second-order valence-corrected chi connectivity index (χ2v) is 9.29. The summed E-state index contributed by atoms with van der Waals surface area (Å²) in [7, 11) is 0. The van der Waals surface area contributed by atoms with Crippen molar-refractivity contribution in [3.63, 3.8) is 0 Å². The van der Waals surface area contributed by atoms with Gasteiger partial charge in [0.2, 0.25) is 0 Å². The van der Waals surface area contributed by atoms with E-state index in [4.69, 9.17) is 0 Å². The third kappa shape index (κ3) is 6.12. The highest BCUT2D eigenvalue weighted by molar-refractivity contribution is 5.98. The van der Waals surface area contributed by atoms with Crippen molar-refractivity contribution >= 4 is 16.8 Å². The van der Waals surface area contributed by atoms with Gasteiger partial charge in [-0.25, -0.2) is 0 Å². The summed E-state index contributed by atoms with van der Waals surface area (Å²) in [6, 6.07) is 22.6. The van der Waals surface area contributed by atoms with Crippen molar-refractivity contribution in [1.29, 1.82) is 0 Å². The highest BCUT2D eigenvalue weighted by Gasteiger charge is 2.15. The number of aliphatic hydroxyl groups is 2. The van der Waals surface area contributed by atoms with Crippen LogP contribution in [0.15, 0.2) is 72.8 Å². The lowest BCUT2D eigenvalue weighted by atomic mass is 10.0. The molecule has 0 aliphatic heterocycles. The van der Waals surface area contributed by atoms with Crippen LogP contribution in [0.4, 0.5) is 0 Å². The number of carbonyl (C=O) groups is 1. The second kappa shape index (κ2) is 11.4. The van der Waals surface area contributed by atoms with Crippen LogP contribution in [0.5, 0.6) is 5.75 Å². The fraction of sp³-hybridized carbons (Fsp3) is 0.276. The van der Waals surface area contributed by atoms with Gasteiger partial charge in [-0.05, 0) is 67.3 Å². The Morgan fingerprint density at radius 3 is 2.50 bits per heavy atom. The molecule has 3 unspecified atom stereocenters. The number of aromatic hydroxyl groups is 1. The van der Waals surface area contributed by atoms with Gasteiger partial charge in [0.1, 0.15) is 11.4 Å². The molecule has 0 bridgehead atoms. The molecule has 1 aromatic heterocycles. The lowest BCUT2D eigenvalue weighted by Crippen LogP contribution is -2.32. The Labute approximate surface area is 210 Å². The summed E-state index contributed by atoms with van der Waals surface area (Å²) in [6.07, 6.45) is -0.0115. The molecular weight excluding hydrogens is 454 g/mol. The third-order valence-corrected chi connectivity index (χ3v) is 6.44. The first-order valence-corrected chi connectivity index (χ1v) is 12.2. The normalized spacial score (nSPS) is 13.9. The fourth-order valence-corrected chi connectivity index (χ4v) is 4.33. The van der Waals surface area contributed by atoms with E-state index in [1.54, 1.807) is 12.1 Å². The van der Waals surface area contributed by atoms with Crippen LogP contribution in [0.25, 0.3) is 10.9 Å². The zero-order chi connectivity index (χ0) is 25.7. The molecule has 188 valence electrons. The first kappa shape index (κ1) is 25.4. The SMILES string of the molecule is CC(Cc1ccc2[nH]c(C(=O)NC(C)c3ccccc3)cc2c1)NCC(O)c1ccc(O)c(CO)c1. The maximum Gasteiger partial charge on any atom is 0.268 e. The average Bonchev–Trinajstić information content (AvgIpc) is 3.32. The molecule has 7 heteroatoms. The van der Waals surface area contributed by atoms with Crippen LogP contribution in [-0.2, 0) is 13.0 Å². The van der Waals surface area contributed by atoms with Crippen molar-refractivity contribution in [3.05, 3.63) is 101 Å². The predicted molar refractivity (Wildman–Crippen MR) is 141 cm³/mol. The standard InChI is InChI=1S/C29H33N3O4/c1-18(30-16-28(35)22-9-11-27(34)24(14-22)17-33)12-20-8-10-25-23(13-20)15-26(32-25)29(36)31-19(2)21-6-4-3-5-7-21/h3-11,13-15,18-19,28,30,32-35H,12,16-17H2,1-2H3,(H,31,36). The predicted octanol–water partition coefficient (Wildman–Crippen LogP) is 4.11. The molecule has 3 atom stereocenters. The molecular formula is C29H33N3O4. The van der Waals surface area contributed by atoms with Crippen molar-refractivity contribution < 1.29 is 20.1 Å². The minimum Gasteiger partial charge on any atom is -0.508 e. The molecule has 0 aliphatic carbocycles.